The van der Waals surface area contributed by atoms with E-state index in [0.717, 1.165) is 12.5 Å². The Morgan fingerprint density at radius 1 is 1.15 bits per heavy atom. The van der Waals surface area contributed by atoms with Crippen molar-refractivity contribution in [3.05, 3.63) is 0 Å². The average Bonchev–Trinajstić information content (AvgIpc) is 2.39. The fourth-order valence-electron chi connectivity index (χ4n) is 4.31. The molecule has 0 spiro atoms. The van der Waals surface area contributed by atoms with Gasteiger partial charge in [0.25, 0.3) is 0 Å². The molecule has 0 amide bonds. The minimum Gasteiger partial charge on any atom is -0.316 e. The van der Waals surface area contributed by atoms with Crippen molar-refractivity contribution in [1.82, 2.24) is 10.2 Å². The predicted molar refractivity (Wildman–Crippen MR) is 88.1 cm³/mol. The van der Waals surface area contributed by atoms with Crippen LogP contribution in [0.3, 0.4) is 0 Å². The Balaban J connectivity index is 1.96. The van der Waals surface area contributed by atoms with Crippen LogP contribution in [-0.2, 0) is 0 Å². The highest BCUT2D eigenvalue weighted by atomic mass is 15.1. The third kappa shape index (κ3) is 4.46. The Bertz CT molecular complexity index is 284. The van der Waals surface area contributed by atoms with Gasteiger partial charge in [0.1, 0.15) is 0 Å². The van der Waals surface area contributed by atoms with Gasteiger partial charge in [-0.25, -0.2) is 0 Å². The summed E-state index contributed by atoms with van der Waals surface area (Å²) in [5.74, 6) is 0.947. The Morgan fingerprint density at radius 3 is 2.45 bits per heavy atom. The van der Waals surface area contributed by atoms with E-state index in [-0.39, 0.29) is 0 Å². The molecule has 2 rings (SSSR count). The minimum atomic E-state index is 0.527. The van der Waals surface area contributed by atoms with Crippen molar-refractivity contribution in [2.75, 3.05) is 32.7 Å². The first-order chi connectivity index (χ1) is 9.45. The molecular weight excluding hydrogens is 244 g/mol. The lowest BCUT2D eigenvalue weighted by atomic mass is 9.70. The number of rotatable bonds is 5. The second-order valence-electron chi connectivity index (χ2n) is 8.44. The van der Waals surface area contributed by atoms with Gasteiger partial charge in [0.2, 0.25) is 0 Å². The van der Waals surface area contributed by atoms with Crippen molar-refractivity contribution in [3.63, 3.8) is 0 Å². The van der Waals surface area contributed by atoms with Crippen LogP contribution in [0.1, 0.15) is 66.2 Å². The van der Waals surface area contributed by atoms with Crippen molar-refractivity contribution in [1.29, 1.82) is 0 Å². The molecule has 2 heteroatoms. The predicted octanol–water partition coefficient (Wildman–Crippen LogP) is 3.91. The van der Waals surface area contributed by atoms with E-state index in [1.807, 2.05) is 0 Å². The number of nitrogens with zero attached hydrogens (tertiary/aromatic N) is 1. The second kappa shape index (κ2) is 6.79. The summed E-state index contributed by atoms with van der Waals surface area (Å²) in [7, 11) is 0. The maximum atomic E-state index is 3.66. The molecule has 2 aliphatic rings. The fraction of sp³-hybridized carbons (Fsp3) is 1.00. The zero-order valence-corrected chi connectivity index (χ0v) is 14.3. The second-order valence-corrected chi connectivity index (χ2v) is 8.44. The molecule has 0 atom stereocenters. The third-order valence-electron chi connectivity index (χ3n) is 5.62. The van der Waals surface area contributed by atoms with E-state index in [0.29, 0.717) is 10.8 Å². The van der Waals surface area contributed by atoms with Crippen molar-refractivity contribution in [3.8, 4) is 0 Å². The average molecular weight is 280 g/mol. The summed E-state index contributed by atoms with van der Waals surface area (Å²) in [6, 6.07) is 0. The van der Waals surface area contributed by atoms with Crippen LogP contribution < -0.4 is 5.32 Å². The van der Waals surface area contributed by atoms with Crippen LogP contribution in [0.5, 0.6) is 0 Å². The highest BCUT2D eigenvalue weighted by Crippen LogP contribution is 2.40. The molecule has 0 aromatic rings. The molecule has 0 aromatic carbocycles. The highest BCUT2D eigenvalue weighted by molar-refractivity contribution is 4.91. The van der Waals surface area contributed by atoms with E-state index >= 15 is 0 Å². The zero-order chi connectivity index (χ0) is 14.6. The van der Waals surface area contributed by atoms with Gasteiger partial charge in [-0.15, -0.1) is 0 Å². The summed E-state index contributed by atoms with van der Waals surface area (Å²) in [4.78, 5) is 2.77. The van der Waals surface area contributed by atoms with Crippen molar-refractivity contribution in [2.24, 2.45) is 16.7 Å². The van der Waals surface area contributed by atoms with Crippen LogP contribution in [0.4, 0.5) is 0 Å². The van der Waals surface area contributed by atoms with Crippen molar-refractivity contribution < 1.29 is 0 Å². The quantitative estimate of drug-likeness (QED) is 0.821. The molecule has 2 fully saturated rings. The van der Waals surface area contributed by atoms with Gasteiger partial charge in [-0.2, -0.15) is 0 Å². The van der Waals surface area contributed by atoms with Gasteiger partial charge in [-0.3, -0.25) is 0 Å². The van der Waals surface area contributed by atoms with E-state index in [4.69, 9.17) is 0 Å². The molecule has 0 unspecified atom stereocenters. The van der Waals surface area contributed by atoms with E-state index in [9.17, 15) is 0 Å². The van der Waals surface area contributed by atoms with Gasteiger partial charge in [-0.05, 0) is 55.5 Å². The fourth-order valence-corrected chi connectivity index (χ4v) is 4.31. The maximum Gasteiger partial charge on any atom is 0.00504 e. The molecule has 0 radical (unpaired) electrons. The van der Waals surface area contributed by atoms with Gasteiger partial charge in [0.15, 0.2) is 0 Å². The highest BCUT2D eigenvalue weighted by Gasteiger charge is 2.37. The maximum absolute atomic E-state index is 3.66. The first kappa shape index (κ1) is 16.3. The van der Waals surface area contributed by atoms with Crippen LogP contribution in [0.2, 0.25) is 0 Å². The Morgan fingerprint density at radius 2 is 1.85 bits per heavy atom. The van der Waals surface area contributed by atoms with Gasteiger partial charge in [0, 0.05) is 19.6 Å². The van der Waals surface area contributed by atoms with Crippen LogP contribution in [-0.4, -0.2) is 37.6 Å². The lowest BCUT2D eigenvalue weighted by Gasteiger charge is -2.46. The summed E-state index contributed by atoms with van der Waals surface area (Å²) in [6.07, 6.45) is 8.52. The lowest BCUT2D eigenvalue weighted by molar-refractivity contribution is 0.0415. The van der Waals surface area contributed by atoms with Crippen LogP contribution in [0.25, 0.3) is 0 Å². The molecule has 1 aliphatic heterocycles. The molecule has 1 heterocycles. The lowest BCUT2D eigenvalue weighted by Crippen LogP contribution is -2.50. The zero-order valence-electron chi connectivity index (χ0n) is 14.3. The van der Waals surface area contributed by atoms with E-state index in [1.165, 1.54) is 64.7 Å². The normalized spacial score (nSPS) is 35.1. The Kier molecular flexibility index (Phi) is 5.53. The van der Waals surface area contributed by atoms with Gasteiger partial charge >= 0.3 is 0 Å². The number of likely N-dealkylation sites (tertiary alicyclic amines) is 1. The number of hydrogen-bond acceptors (Lipinski definition) is 2. The summed E-state index contributed by atoms with van der Waals surface area (Å²) in [5, 5.41) is 3.66. The molecule has 0 bridgehead atoms. The topological polar surface area (TPSA) is 15.3 Å². The third-order valence-corrected chi connectivity index (χ3v) is 5.62. The molecule has 1 saturated heterocycles. The summed E-state index contributed by atoms with van der Waals surface area (Å²) >= 11 is 0. The molecule has 118 valence electrons. The van der Waals surface area contributed by atoms with E-state index in [1.54, 1.807) is 0 Å². The monoisotopic (exact) mass is 280 g/mol. The van der Waals surface area contributed by atoms with Gasteiger partial charge in [-0.1, -0.05) is 40.5 Å². The molecular formula is C18H36N2. The van der Waals surface area contributed by atoms with Gasteiger partial charge < -0.3 is 10.2 Å². The molecule has 1 N–H and O–H groups in total. The summed E-state index contributed by atoms with van der Waals surface area (Å²) in [5.41, 5.74) is 1.08. The van der Waals surface area contributed by atoms with Gasteiger partial charge in [0.05, 0.1) is 0 Å². The standard InChI is InChI=1S/C18H36N2/c1-5-19-13-18(10-7-16(2)8-11-18)15-20-12-6-9-17(3,4)14-20/h16,19H,5-15H2,1-4H3. The van der Waals surface area contributed by atoms with Crippen molar-refractivity contribution in [2.45, 2.75) is 66.2 Å². The largest absolute Gasteiger partial charge is 0.316 e. The van der Waals surface area contributed by atoms with Crippen LogP contribution in [0.15, 0.2) is 0 Å². The molecule has 0 aromatic heterocycles. The van der Waals surface area contributed by atoms with Crippen LogP contribution in [0, 0.1) is 16.7 Å². The first-order valence-corrected chi connectivity index (χ1v) is 8.88. The summed E-state index contributed by atoms with van der Waals surface area (Å²) in [6.45, 7) is 15.9. The number of hydrogen-bond donors (Lipinski definition) is 1. The summed E-state index contributed by atoms with van der Waals surface area (Å²) < 4.78 is 0. The van der Waals surface area contributed by atoms with Crippen LogP contribution >= 0.6 is 0 Å². The first-order valence-electron chi connectivity index (χ1n) is 8.88. The van der Waals surface area contributed by atoms with Crippen molar-refractivity contribution >= 4 is 0 Å². The molecule has 20 heavy (non-hydrogen) atoms. The molecule has 1 aliphatic carbocycles. The number of piperidine rings is 1. The van der Waals surface area contributed by atoms with E-state index < -0.39 is 0 Å². The Labute approximate surface area is 126 Å². The smallest absolute Gasteiger partial charge is 0.00504 e. The Hall–Kier alpha value is -0.0800. The SMILES string of the molecule is CCNCC1(CN2CCCC(C)(C)C2)CCC(C)CC1. The molecule has 1 saturated carbocycles. The number of nitrogens with one attached hydrogen (secondary N) is 1. The van der Waals surface area contributed by atoms with E-state index in [2.05, 4.69) is 37.9 Å². The molecule has 2 nitrogen and oxygen atoms in total. The minimum absolute atomic E-state index is 0.527.